The molecule has 0 N–H and O–H groups in total. The monoisotopic (exact) mass is 298 g/mol. The van der Waals surface area contributed by atoms with E-state index in [-0.39, 0.29) is 18.2 Å². The fourth-order valence-electron chi connectivity index (χ4n) is 2.14. The van der Waals surface area contributed by atoms with Crippen LogP contribution in [0.3, 0.4) is 0 Å². The van der Waals surface area contributed by atoms with E-state index in [4.69, 9.17) is 11.6 Å². The van der Waals surface area contributed by atoms with Crippen LogP contribution in [0.15, 0.2) is 60.7 Å². The number of halogens is 1. The van der Waals surface area contributed by atoms with Crippen LogP contribution < -0.4 is 4.90 Å². The summed E-state index contributed by atoms with van der Waals surface area (Å²) in [5.41, 5.74) is 1.48. The summed E-state index contributed by atoms with van der Waals surface area (Å²) in [5, 5.41) is 9.55. The van der Waals surface area contributed by atoms with Gasteiger partial charge in [-0.15, -0.1) is 11.6 Å². The van der Waals surface area contributed by atoms with Crippen molar-refractivity contribution in [2.24, 2.45) is 0 Å². The zero-order chi connectivity index (χ0) is 15.1. The van der Waals surface area contributed by atoms with Crippen LogP contribution in [0, 0.1) is 11.3 Å². The summed E-state index contributed by atoms with van der Waals surface area (Å²) < 4.78 is 0. The van der Waals surface area contributed by atoms with Crippen LogP contribution in [-0.4, -0.2) is 11.8 Å². The molecule has 0 radical (unpaired) electrons. The van der Waals surface area contributed by atoms with Gasteiger partial charge in [-0.25, -0.2) is 0 Å². The first kappa shape index (κ1) is 15.1. The molecule has 1 atom stereocenters. The van der Waals surface area contributed by atoms with Gasteiger partial charge >= 0.3 is 0 Å². The Balaban J connectivity index is 2.43. The number of anilines is 1. The molecule has 1 amide bonds. The van der Waals surface area contributed by atoms with Crippen molar-refractivity contribution in [1.82, 2.24) is 0 Å². The van der Waals surface area contributed by atoms with Gasteiger partial charge in [-0.05, 0) is 17.7 Å². The van der Waals surface area contributed by atoms with Gasteiger partial charge in [0.1, 0.15) is 6.04 Å². The van der Waals surface area contributed by atoms with Gasteiger partial charge in [-0.2, -0.15) is 5.26 Å². The topological polar surface area (TPSA) is 44.1 Å². The summed E-state index contributed by atoms with van der Waals surface area (Å²) >= 11 is 5.69. The molecule has 0 saturated carbocycles. The zero-order valence-electron chi connectivity index (χ0n) is 11.4. The highest BCUT2D eigenvalue weighted by Gasteiger charge is 2.25. The first-order chi connectivity index (χ1) is 10.3. The Morgan fingerprint density at radius 3 is 2.19 bits per heavy atom. The quantitative estimate of drug-likeness (QED) is 0.785. The largest absolute Gasteiger partial charge is 0.292 e. The van der Waals surface area contributed by atoms with Gasteiger partial charge < -0.3 is 0 Å². The molecule has 3 nitrogen and oxygen atoms in total. The van der Waals surface area contributed by atoms with Crippen molar-refractivity contribution in [2.45, 2.75) is 12.5 Å². The second-order valence-electron chi connectivity index (χ2n) is 4.48. The Hall–Kier alpha value is -2.31. The molecule has 0 fully saturated rings. The number of hydrogen-bond acceptors (Lipinski definition) is 2. The van der Waals surface area contributed by atoms with E-state index in [0.29, 0.717) is 5.69 Å². The third-order valence-electron chi connectivity index (χ3n) is 3.11. The molecule has 0 aliphatic heterocycles. The van der Waals surface area contributed by atoms with Gasteiger partial charge in [-0.3, -0.25) is 9.69 Å². The molecule has 0 saturated heterocycles. The van der Waals surface area contributed by atoms with Gasteiger partial charge in [-0.1, -0.05) is 48.5 Å². The van der Waals surface area contributed by atoms with Crippen molar-refractivity contribution in [3.63, 3.8) is 0 Å². The summed E-state index contributed by atoms with van der Waals surface area (Å²) in [5.74, 6) is 0.0707. The second kappa shape index (κ2) is 7.47. The molecule has 0 bridgehead atoms. The summed E-state index contributed by atoms with van der Waals surface area (Å²) in [7, 11) is 0. The lowest BCUT2D eigenvalue weighted by atomic mass is 10.1. The van der Waals surface area contributed by atoms with Crippen LogP contribution in [-0.2, 0) is 4.79 Å². The normalized spacial score (nSPS) is 11.4. The molecule has 2 aromatic rings. The zero-order valence-corrected chi connectivity index (χ0v) is 12.2. The maximum Gasteiger partial charge on any atom is 0.229 e. The minimum atomic E-state index is -0.663. The molecule has 0 aliphatic carbocycles. The second-order valence-corrected chi connectivity index (χ2v) is 4.86. The minimum absolute atomic E-state index is 0.161. The number of carbonyl (C=O) groups is 1. The van der Waals surface area contributed by atoms with Crippen molar-refractivity contribution in [2.75, 3.05) is 10.8 Å². The molecular weight excluding hydrogens is 284 g/mol. The Labute approximate surface area is 129 Å². The van der Waals surface area contributed by atoms with E-state index in [1.165, 1.54) is 4.90 Å². The van der Waals surface area contributed by atoms with Gasteiger partial charge in [0.05, 0.1) is 6.07 Å². The number of alkyl halides is 1. The molecular formula is C17H15ClN2O. The van der Waals surface area contributed by atoms with E-state index in [1.807, 2.05) is 60.7 Å². The van der Waals surface area contributed by atoms with Crippen molar-refractivity contribution in [3.05, 3.63) is 66.2 Å². The van der Waals surface area contributed by atoms with E-state index in [9.17, 15) is 10.1 Å². The maximum absolute atomic E-state index is 12.4. The number of hydrogen-bond donors (Lipinski definition) is 0. The Bertz CT molecular complexity index is 622. The number of amides is 1. The summed E-state index contributed by atoms with van der Waals surface area (Å²) in [6, 6.07) is 20.0. The van der Waals surface area contributed by atoms with Crippen molar-refractivity contribution in [1.29, 1.82) is 5.26 Å². The van der Waals surface area contributed by atoms with E-state index >= 15 is 0 Å². The number of nitrogens with zero attached hydrogens (tertiary/aromatic N) is 2. The molecule has 0 unspecified atom stereocenters. The number of benzene rings is 2. The Morgan fingerprint density at radius 1 is 1.10 bits per heavy atom. The lowest BCUT2D eigenvalue weighted by Gasteiger charge is -2.27. The number of rotatable bonds is 5. The molecule has 0 aromatic heterocycles. The molecule has 4 heteroatoms. The van der Waals surface area contributed by atoms with E-state index in [0.717, 1.165) is 5.56 Å². The molecule has 106 valence electrons. The number of para-hydroxylation sites is 1. The molecule has 2 rings (SSSR count). The highest BCUT2D eigenvalue weighted by Crippen LogP contribution is 2.27. The lowest BCUT2D eigenvalue weighted by Crippen LogP contribution is -2.34. The predicted molar refractivity (Wildman–Crippen MR) is 84.1 cm³/mol. The van der Waals surface area contributed by atoms with Crippen LogP contribution in [0.1, 0.15) is 18.0 Å². The Kier molecular flexibility index (Phi) is 5.36. The highest BCUT2D eigenvalue weighted by atomic mass is 35.5. The van der Waals surface area contributed by atoms with Crippen LogP contribution in [0.5, 0.6) is 0 Å². The van der Waals surface area contributed by atoms with Crippen LogP contribution in [0.2, 0.25) is 0 Å². The lowest BCUT2D eigenvalue weighted by molar-refractivity contribution is -0.118. The van der Waals surface area contributed by atoms with Crippen molar-refractivity contribution < 1.29 is 4.79 Å². The van der Waals surface area contributed by atoms with Gasteiger partial charge in [0.2, 0.25) is 5.91 Å². The first-order valence-electron chi connectivity index (χ1n) is 6.65. The summed E-state index contributed by atoms with van der Waals surface area (Å²) in [6.45, 7) is 0. The van der Waals surface area contributed by atoms with E-state index in [2.05, 4.69) is 6.07 Å². The Morgan fingerprint density at radius 2 is 1.67 bits per heavy atom. The van der Waals surface area contributed by atoms with Crippen LogP contribution in [0.4, 0.5) is 5.69 Å². The molecule has 0 heterocycles. The fourth-order valence-corrected chi connectivity index (χ4v) is 2.31. The van der Waals surface area contributed by atoms with Crippen LogP contribution >= 0.6 is 11.6 Å². The van der Waals surface area contributed by atoms with Gasteiger partial charge in [0.25, 0.3) is 0 Å². The third-order valence-corrected chi connectivity index (χ3v) is 3.30. The third kappa shape index (κ3) is 3.62. The summed E-state index contributed by atoms with van der Waals surface area (Å²) in [6.07, 6.45) is 0.196. The standard InChI is InChI=1S/C17H15ClN2O/c18-12-11-17(21)20(15-9-5-2-6-10-15)16(13-19)14-7-3-1-4-8-14/h1-10,16H,11-12H2/t16-/m1/s1. The SMILES string of the molecule is N#C[C@H](c1ccccc1)N(C(=O)CCCl)c1ccccc1. The summed E-state index contributed by atoms with van der Waals surface area (Å²) in [4.78, 5) is 13.9. The maximum atomic E-state index is 12.4. The van der Waals surface area contributed by atoms with Crippen LogP contribution in [0.25, 0.3) is 0 Å². The fraction of sp³-hybridized carbons (Fsp3) is 0.176. The highest BCUT2D eigenvalue weighted by molar-refractivity contribution is 6.19. The van der Waals surface area contributed by atoms with Crippen molar-refractivity contribution >= 4 is 23.2 Å². The predicted octanol–water partition coefficient (Wildman–Crippen LogP) is 3.91. The van der Waals surface area contributed by atoms with E-state index < -0.39 is 6.04 Å². The van der Waals surface area contributed by atoms with Crippen molar-refractivity contribution in [3.8, 4) is 6.07 Å². The molecule has 21 heavy (non-hydrogen) atoms. The van der Waals surface area contributed by atoms with E-state index in [1.54, 1.807) is 0 Å². The first-order valence-corrected chi connectivity index (χ1v) is 7.19. The number of carbonyl (C=O) groups excluding carboxylic acids is 1. The van der Waals surface area contributed by atoms with Gasteiger partial charge in [0.15, 0.2) is 0 Å². The molecule has 0 aliphatic rings. The number of nitriles is 1. The van der Waals surface area contributed by atoms with Gasteiger partial charge in [0, 0.05) is 18.0 Å². The smallest absolute Gasteiger partial charge is 0.229 e. The average Bonchev–Trinajstić information content (AvgIpc) is 2.54. The minimum Gasteiger partial charge on any atom is -0.292 e. The average molecular weight is 299 g/mol. The molecule has 2 aromatic carbocycles. The molecule has 0 spiro atoms.